The Morgan fingerprint density at radius 3 is 2.78 bits per heavy atom. The van der Waals surface area contributed by atoms with E-state index in [0.717, 1.165) is 4.57 Å². The lowest BCUT2D eigenvalue weighted by Gasteiger charge is -2.17. The van der Waals surface area contributed by atoms with Gasteiger partial charge in [-0.15, -0.1) is 0 Å². The number of nitrogens with one attached hydrogen (secondary N) is 1. The molecule has 0 aromatic carbocycles. The van der Waals surface area contributed by atoms with Crippen LogP contribution in [-0.2, 0) is 4.74 Å². The molecule has 8 heteroatoms. The zero-order valence-corrected chi connectivity index (χ0v) is 9.79. The van der Waals surface area contributed by atoms with Gasteiger partial charge in [-0.2, -0.15) is 0 Å². The molecular formula is C10H15N3O5. The van der Waals surface area contributed by atoms with Gasteiger partial charge in [0.25, 0.3) is 5.56 Å². The van der Waals surface area contributed by atoms with Crippen LogP contribution in [0, 0.1) is 6.92 Å². The summed E-state index contributed by atoms with van der Waals surface area (Å²) in [6.07, 6.45) is -2.30. The van der Waals surface area contributed by atoms with Crippen LogP contribution in [0.2, 0.25) is 0 Å². The Bertz CT molecular complexity index is 564. The number of nitrogens with two attached hydrogens (primary N) is 1. The highest BCUT2D eigenvalue weighted by Gasteiger charge is 2.36. The van der Waals surface area contributed by atoms with Crippen molar-refractivity contribution in [3.8, 4) is 0 Å². The first-order chi connectivity index (χ1) is 8.45. The average molecular weight is 257 g/mol. The molecule has 2 heterocycles. The minimum Gasteiger partial charge on any atom is -0.394 e. The highest BCUT2D eigenvalue weighted by molar-refractivity contribution is 5.37. The largest absolute Gasteiger partial charge is 0.394 e. The third-order valence-corrected chi connectivity index (χ3v) is 3.10. The zero-order valence-electron chi connectivity index (χ0n) is 9.79. The Morgan fingerprint density at radius 1 is 1.56 bits per heavy atom. The summed E-state index contributed by atoms with van der Waals surface area (Å²) in [6, 6.07) is 0. The Hall–Kier alpha value is -1.64. The quantitative estimate of drug-likeness (QED) is 0.488. The maximum absolute atomic E-state index is 11.7. The first-order valence-electron chi connectivity index (χ1n) is 5.51. The Balaban J connectivity index is 2.45. The number of aromatic nitrogens is 2. The smallest absolute Gasteiger partial charge is 0.332 e. The minimum atomic E-state index is -0.876. The van der Waals surface area contributed by atoms with E-state index in [-0.39, 0.29) is 24.4 Å². The molecule has 1 aliphatic heterocycles. The first-order valence-corrected chi connectivity index (χ1v) is 5.51. The molecule has 1 fully saturated rings. The minimum absolute atomic E-state index is 0.000426. The van der Waals surface area contributed by atoms with Gasteiger partial charge >= 0.3 is 5.69 Å². The van der Waals surface area contributed by atoms with Crippen molar-refractivity contribution in [1.29, 1.82) is 0 Å². The van der Waals surface area contributed by atoms with Crippen LogP contribution in [0.4, 0.5) is 5.82 Å². The van der Waals surface area contributed by atoms with E-state index in [2.05, 4.69) is 4.98 Å². The van der Waals surface area contributed by atoms with Crippen molar-refractivity contribution in [2.75, 3.05) is 12.3 Å². The molecule has 0 aliphatic carbocycles. The molecule has 2 rings (SSSR count). The standard InChI is InChI=1S/C10H15N3O5/c1-4-8(11)13(10(17)12-9(4)16)7-2-5(15)6(3-14)18-7/h5-7,14-15H,2-3,11H2,1H3,(H,12,16,17)/t5-,6+,7+/m0/s1. The number of nitrogens with zero attached hydrogens (tertiary/aromatic N) is 1. The Morgan fingerprint density at radius 2 is 2.22 bits per heavy atom. The van der Waals surface area contributed by atoms with Crippen molar-refractivity contribution in [1.82, 2.24) is 9.55 Å². The SMILES string of the molecule is Cc1c(N)n([C@H]2C[C@H](O)[C@@H](CO)O2)c(=O)[nH]c1=O. The summed E-state index contributed by atoms with van der Waals surface area (Å²) in [5, 5.41) is 18.6. The van der Waals surface area contributed by atoms with Crippen molar-refractivity contribution in [3.63, 3.8) is 0 Å². The van der Waals surface area contributed by atoms with E-state index >= 15 is 0 Å². The van der Waals surface area contributed by atoms with Crippen molar-refractivity contribution < 1.29 is 14.9 Å². The number of H-pyrrole nitrogens is 1. The van der Waals surface area contributed by atoms with Crippen molar-refractivity contribution >= 4 is 5.82 Å². The summed E-state index contributed by atoms with van der Waals surface area (Å²) < 4.78 is 6.41. The van der Waals surface area contributed by atoms with Gasteiger partial charge in [-0.3, -0.25) is 14.3 Å². The van der Waals surface area contributed by atoms with Crippen molar-refractivity contribution in [2.24, 2.45) is 0 Å². The maximum Gasteiger partial charge on any atom is 0.332 e. The number of aliphatic hydroxyl groups is 2. The monoisotopic (exact) mass is 257 g/mol. The topological polar surface area (TPSA) is 131 Å². The summed E-state index contributed by atoms with van der Waals surface area (Å²) in [5.74, 6) is -0.000426. The van der Waals surface area contributed by atoms with Gasteiger partial charge in [-0.25, -0.2) is 4.79 Å². The van der Waals surface area contributed by atoms with Crippen molar-refractivity contribution in [3.05, 3.63) is 26.4 Å². The fourth-order valence-electron chi connectivity index (χ4n) is 1.98. The molecule has 0 spiro atoms. The normalized spacial score (nSPS) is 27.6. The summed E-state index contributed by atoms with van der Waals surface area (Å²) in [4.78, 5) is 25.2. The molecule has 0 radical (unpaired) electrons. The van der Waals surface area contributed by atoms with Crippen LogP contribution in [0.25, 0.3) is 0 Å². The van der Waals surface area contributed by atoms with Crippen LogP contribution in [0.15, 0.2) is 9.59 Å². The Kier molecular flexibility index (Phi) is 3.24. The maximum atomic E-state index is 11.7. The molecule has 3 atom stereocenters. The van der Waals surface area contributed by atoms with Gasteiger partial charge in [0, 0.05) is 6.42 Å². The number of rotatable bonds is 2. The molecule has 1 aromatic heterocycles. The molecule has 100 valence electrons. The van der Waals surface area contributed by atoms with Gasteiger partial charge < -0.3 is 20.7 Å². The van der Waals surface area contributed by atoms with Gasteiger partial charge in [0.15, 0.2) is 0 Å². The second-order valence-corrected chi connectivity index (χ2v) is 4.25. The third-order valence-electron chi connectivity index (χ3n) is 3.10. The second-order valence-electron chi connectivity index (χ2n) is 4.25. The summed E-state index contributed by atoms with van der Waals surface area (Å²) >= 11 is 0. The molecular weight excluding hydrogens is 242 g/mol. The van der Waals surface area contributed by atoms with E-state index in [1.165, 1.54) is 6.92 Å². The number of aliphatic hydroxyl groups excluding tert-OH is 2. The summed E-state index contributed by atoms with van der Waals surface area (Å²) in [7, 11) is 0. The van der Waals surface area contributed by atoms with E-state index in [9.17, 15) is 14.7 Å². The number of hydrogen-bond donors (Lipinski definition) is 4. The average Bonchev–Trinajstić information content (AvgIpc) is 2.67. The van der Waals surface area contributed by atoms with Crippen LogP contribution in [0.5, 0.6) is 0 Å². The molecule has 1 aromatic rings. The number of nitrogen functional groups attached to an aromatic ring is 1. The van der Waals surface area contributed by atoms with Crippen LogP contribution in [-0.4, -0.2) is 38.6 Å². The van der Waals surface area contributed by atoms with Crippen LogP contribution in [0.3, 0.4) is 0 Å². The van der Waals surface area contributed by atoms with Gasteiger partial charge in [0.1, 0.15) is 18.1 Å². The molecule has 0 saturated carbocycles. The lowest BCUT2D eigenvalue weighted by atomic mass is 10.2. The predicted octanol–water partition coefficient (Wildman–Crippen LogP) is -1.93. The molecule has 5 N–H and O–H groups in total. The highest BCUT2D eigenvalue weighted by Crippen LogP contribution is 2.28. The second kappa shape index (κ2) is 4.56. The first kappa shape index (κ1) is 12.8. The van der Waals surface area contributed by atoms with Crippen molar-refractivity contribution in [2.45, 2.75) is 31.8 Å². The molecule has 0 amide bonds. The molecule has 1 saturated heterocycles. The number of anilines is 1. The highest BCUT2D eigenvalue weighted by atomic mass is 16.5. The lowest BCUT2D eigenvalue weighted by molar-refractivity contribution is -0.0451. The van der Waals surface area contributed by atoms with Crippen LogP contribution in [0.1, 0.15) is 18.2 Å². The fraction of sp³-hybridized carbons (Fsp3) is 0.600. The summed E-state index contributed by atoms with van der Waals surface area (Å²) in [5.41, 5.74) is 4.68. The van der Waals surface area contributed by atoms with Crippen LogP contribution < -0.4 is 17.0 Å². The third kappa shape index (κ3) is 1.94. The molecule has 1 aliphatic rings. The van der Waals surface area contributed by atoms with Crippen LogP contribution >= 0.6 is 0 Å². The molecule has 0 unspecified atom stereocenters. The predicted molar refractivity (Wildman–Crippen MR) is 62.1 cm³/mol. The number of hydrogen-bond acceptors (Lipinski definition) is 6. The van der Waals surface area contributed by atoms with E-state index < -0.39 is 29.7 Å². The van der Waals surface area contributed by atoms with E-state index in [1.807, 2.05) is 0 Å². The number of aromatic amines is 1. The molecule has 8 nitrogen and oxygen atoms in total. The van der Waals surface area contributed by atoms with E-state index in [1.54, 1.807) is 0 Å². The Labute approximate surface area is 102 Å². The van der Waals surface area contributed by atoms with E-state index in [0.29, 0.717) is 0 Å². The molecule has 18 heavy (non-hydrogen) atoms. The van der Waals surface area contributed by atoms with E-state index in [4.69, 9.17) is 15.6 Å². The fourth-order valence-corrected chi connectivity index (χ4v) is 1.98. The van der Waals surface area contributed by atoms with Gasteiger partial charge in [0.05, 0.1) is 18.3 Å². The number of ether oxygens (including phenoxy) is 1. The van der Waals surface area contributed by atoms with Gasteiger partial charge in [-0.1, -0.05) is 0 Å². The summed E-state index contributed by atoms with van der Waals surface area (Å²) in [6.45, 7) is 1.13. The molecule has 0 bridgehead atoms. The van der Waals surface area contributed by atoms with Gasteiger partial charge in [0.2, 0.25) is 0 Å². The zero-order chi connectivity index (χ0) is 13.4. The van der Waals surface area contributed by atoms with Gasteiger partial charge in [-0.05, 0) is 6.92 Å². The lowest BCUT2D eigenvalue weighted by Crippen LogP contribution is -2.36.